The molecule has 0 fully saturated rings. The molecule has 0 spiro atoms. The van der Waals surface area contributed by atoms with E-state index in [0.717, 1.165) is 32.1 Å². The summed E-state index contributed by atoms with van der Waals surface area (Å²) in [5.41, 5.74) is -1.70. The second kappa shape index (κ2) is 9.45. The molecule has 0 saturated heterocycles. The molecule has 4 heteroatoms. The summed E-state index contributed by atoms with van der Waals surface area (Å²) in [5.74, 6) is -0.492. The normalized spacial score (nSPS) is 17.8. The number of aliphatic hydroxyl groups is 3. The van der Waals surface area contributed by atoms with Crippen molar-refractivity contribution in [1.29, 1.82) is 0 Å². The highest BCUT2D eigenvalue weighted by atomic mass is 16.4. The fourth-order valence-corrected chi connectivity index (χ4v) is 2.33. The molecule has 3 unspecified atom stereocenters. The second-order valence-corrected chi connectivity index (χ2v) is 5.47. The van der Waals surface area contributed by atoms with Gasteiger partial charge >= 0.3 is 0 Å². The minimum absolute atomic E-state index is 0.259. The molecule has 3 N–H and O–H groups in total. The van der Waals surface area contributed by atoms with Crippen molar-refractivity contribution >= 4 is 5.78 Å². The van der Waals surface area contributed by atoms with Crippen LogP contribution in [0.3, 0.4) is 0 Å². The van der Waals surface area contributed by atoms with Gasteiger partial charge in [-0.1, -0.05) is 52.4 Å². The average Bonchev–Trinajstić information content (AvgIpc) is 2.37. The topological polar surface area (TPSA) is 77.8 Å². The molecule has 0 aromatic heterocycles. The lowest BCUT2D eigenvalue weighted by Crippen LogP contribution is -2.55. The van der Waals surface area contributed by atoms with Crippen LogP contribution in [-0.2, 0) is 4.79 Å². The Labute approximate surface area is 116 Å². The van der Waals surface area contributed by atoms with E-state index < -0.39 is 23.6 Å². The molecule has 0 aliphatic heterocycles. The van der Waals surface area contributed by atoms with Gasteiger partial charge in [0.05, 0.1) is 6.10 Å². The molecule has 19 heavy (non-hydrogen) atoms. The Bertz CT molecular complexity index is 255. The van der Waals surface area contributed by atoms with Gasteiger partial charge in [0.25, 0.3) is 0 Å². The summed E-state index contributed by atoms with van der Waals surface area (Å²) in [6.45, 7) is 5.34. The van der Waals surface area contributed by atoms with Crippen molar-refractivity contribution < 1.29 is 20.1 Å². The van der Waals surface area contributed by atoms with Crippen molar-refractivity contribution in [2.24, 2.45) is 0 Å². The third-order valence-electron chi connectivity index (χ3n) is 3.70. The van der Waals surface area contributed by atoms with E-state index in [-0.39, 0.29) is 6.42 Å². The summed E-state index contributed by atoms with van der Waals surface area (Å²) < 4.78 is 0. The SMILES string of the molecule is CCCCCC(O)C(O)(CCCCC)C(O)C(C)=O. The molecule has 4 nitrogen and oxygen atoms in total. The molecular formula is C15H30O4. The van der Waals surface area contributed by atoms with E-state index in [1.807, 2.05) is 6.92 Å². The maximum atomic E-state index is 11.3. The van der Waals surface area contributed by atoms with Gasteiger partial charge in [-0.25, -0.2) is 0 Å². The third kappa shape index (κ3) is 6.02. The van der Waals surface area contributed by atoms with Crippen LogP contribution in [0.4, 0.5) is 0 Å². The first-order valence-corrected chi connectivity index (χ1v) is 7.49. The van der Waals surface area contributed by atoms with Crippen LogP contribution in [0.5, 0.6) is 0 Å². The molecule has 0 aromatic rings. The van der Waals surface area contributed by atoms with E-state index >= 15 is 0 Å². The van der Waals surface area contributed by atoms with E-state index in [4.69, 9.17) is 0 Å². The highest BCUT2D eigenvalue weighted by Gasteiger charge is 2.43. The second-order valence-electron chi connectivity index (χ2n) is 5.47. The molecule has 0 bridgehead atoms. The molecule has 0 amide bonds. The minimum atomic E-state index is -1.70. The highest BCUT2D eigenvalue weighted by molar-refractivity contribution is 5.81. The zero-order chi connectivity index (χ0) is 14.9. The molecule has 0 aliphatic carbocycles. The van der Waals surface area contributed by atoms with Gasteiger partial charge in [0.1, 0.15) is 11.7 Å². The monoisotopic (exact) mass is 274 g/mol. The van der Waals surface area contributed by atoms with Crippen molar-refractivity contribution in [1.82, 2.24) is 0 Å². The van der Waals surface area contributed by atoms with E-state index in [0.29, 0.717) is 12.8 Å². The van der Waals surface area contributed by atoms with Gasteiger partial charge in [0, 0.05) is 0 Å². The summed E-state index contributed by atoms with van der Waals surface area (Å²) >= 11 is 0. The largest absolute Gasteiger partial charge is 0.390 e. The lowest BCUT2D eigenvalue weighted by molar-refractivity contribution is -0.167. The number of carbonyl (C=O) groups excluding carboxylic acids is 1. The van der Waals surface area contributed by atoms with Crippen molar-refractivity contribution in [3.05, 3.63) is 0 Å². The van der Waals surface area contributed by atoms with Crippen molar-refractivity contribution in [3.63, 3.8) is 0 Å². The van der Waals surface area contributed by atoms with Crippen LogP contribution >= 0.6 is 0 Å². The van der Waals surface area contributed by atoms with Crippen LogP contribution in [0.25, 0.3) is 0 Å². The Hall–Kier alpha value is -0.450. The Morgan fingerprint density at radius 1 is 1.05 bits per heavy atom. The molecular weight excluding hydrogens is 244 g/mol. The van der Waals surface area contributed by atoms with Crippen LogP contribution in [0, 0.1) is 0 Å². The van der Waals surface area contributed by atoms with Crippen LogP contribution in [0.1, 0.15) is 72.1 Å². The smallest absolute Gasteiger partial charge is 0.161 e. The zero-order valence-electron chi connectivity index (χ0n) is 12.6. The van der Waals surface area contributed by atoms with E-state index in [9.17, 15) is 20.1 Å². The van der Waals surface area contributed by atoms with Crippen LogP contribution in [0.2, 0.25) is 0 Å². The molecule has 0 saturated carbocycles. The third-order valence-corrected chi connectivity index (χ3v) is 3.70. The summed E-state index contributed by atoms with van der Waals surface area (Å²) in [6, 6.07) is 0. The number of ketones is 1. The van der Waals surface area contributed by atoms with Crippen LogP contribution < -0.4 is 0 Å². The maximum absolute atomic E-state index is 11.3. The van der Waals surface area contributed by atoms with E-state index in [1.54, 1.807) is 0 Å². The molecule has 0 aliphatic rings. The standard InChI is InChI=1S/C15H30O4/c1-4-6-8-10-13(17)15(19,11-9-7-5-2)14(18)12(3)16/h13-14,17-19H,4-11H2,1-3H3. The fourth-order valence-electron chi connectivity index (χ4n) is 2.33. The molecule has 0 heterocycles. The maximum Gasteiger partial charge on any atom is 0.161 e. The Kier molecular flexibility index (Phi) is 9.23. The van der Waals surface area contributed by atoms with Gasteiger partial charge in [0.2, 0.25) is 0 Å². The molecule has 0 aromatic carbocycles. The van der Waals surface area contributed by atoms with Gasteiger partial charge < -0.3 is 15.3 Å². The van der Waals surface area contributed by atoms with Crippen molar-refractivity contribution in [3.8, 4) is 0 Å². The first-order valence-electron chi connectivity index (χ1n) is 7.49. The van der Waals surface area contributed by atoms with Crippen LogP contribution in [0.15, 0.2) is 0 Å². The van der Waals surface area contributed by atoms with E-state index in [2.05, 4.69) is 6.92 Å². The predicted octanol–water partition coefficient (Wildman–Crippen LogP) is 2.19. The molecule has 114 valence electrons. The molecule has 0 rings (SSSR count). The van der Waals surface area contributed by atoms with Gasteiger partial charge in [-0.05, 0) is 19.8 Å². The quantitative estimate of drug-likeness (QED) is 0.505. The lowest BCUT2D eigenvalue weighted by Gasteiger charge is -2.36. The highest BCUT2D eigenvalue weighted by Crippen LogP contribution is 2.27. The predicted molar refractivity (Wildman–Crippen MR) is 75.9 cm³/mol. The summed E-state index contributed by atoms with van der Waals surface area (Å²) in [6.07, 6.45) is 3.51. The van der Waals surface area contributed by atoms with Crippen LogP contribution in [-0.4, -0.2) is 38.9 Å². The Morgan fingerprint density at radius 2 is 1.58 bits per heavy atom. The number of carbonyl (C=O) groups is 1. The lowest BCUT2D eigenvalue weighted by atomic mass is 9.81. The molecule has 3 atom stereocenters. The number of hydrogen-bond acceptors (Lipinski definition) is 4. The Balaban J connectivity index is 4.67. The first-order chi connectivity index (χ1) is 8.90. The van der Waals surface area contributed by atoms with Gasteiger partial charge in [-0.2, -0.15) is 0 Å². The van der Waals surface area contributed by atoms with Gasteiger partial charge in [0.15, 0.2) is 5.78 Å². The van der Waals surface area contributed by atoms with Gasteiger partial charge in [-0.3, -0.25) is 4.79 Å². The van der Waals surface area contributed by atoms with E-state index in [1.165, 1.54) is 6.92 Å². The number of unbranched alkanes of at least 4 members (excludes halogenated alkanes) is 4. The van der Waals surface area contributed by atoms with Gasteiger partial charge in [-0.15, -0.1) is 0 Å². The summed E-state index contributed by atoms with van der Waals surface area (Å²) in [7, 11) is 0. The number of hydrogen-bond donors (Lipinski definition) is 3. The fraction of sp³-hybridized carbons (Fsp3) is 0.933. The van der Waals surface area contributed by atoms with Crippen molar-refractivity contribution in [2.75, 3.05) is 0 Å². The summed E-state index contributed by atoms with van der Waals surface area (Å²) in [5, 5.41) is 30.6. The number of rotatable bonds is 11. The van der Waals surface area contributed by atoms with Crippen molar-refractivity contribution in [2.45, 2.75) is 89.9 Å². The zero-order valence-corrected chi connectivity index (χ0v) is 12.6. The average molecular weight is 274 g/mol. The minimum Gasteiger partial charge on any atom is -0.390 e. The Morgan fingerprint density at radius 3 is 2.05 bits per heavy atom. The first kappa shape index (κ1) is 18.6. The number of Topliss-reactive ketones (excluding diaryl/α,β-unsaturated/α-hetero) is 1. The summed E-state index contributed by atoms with van der Waals surface area (Å²) in [4.78, 5) is 11.3. The number of aliphatic hydroxyl groups excluding tert-OH is 2. The molecule has 0 radical (unpaired) electrons.